The molecule has 0 fully saturated rings. The third kappa shape index (κ3) is 14.4. The van der Waals surface area contributed by atoms with Crippen molar-refractivity contribution in [2.45, 2.75) is 110 Å². The second kappa shape index (κ2) is 26.6. The molecule has 2 aromatic carbocycles. The van der Waals surface area contributed by atoms with E-state index in [9.17, 15) is 37.2 Å². The van der Waals surface area contributed by atoms with Crippen molar-refractivity contribution in [1.29, 1.82) is 0 Å². The number of anilines is 1. The van der Waals surface area contributed by atoms with Gasteiger partial charge in [0, 0.05) is 73.0 Å². The third-order valence-electron chi connectivity index (χ3n) is 12.9. The quantitative estimate of drug-likeness (QED) is 0.0160. The van der Waals surface area contributed by atoms with Crippen LogP contribution in [0.2, 0.25) is 0 Å². The molecule has 1 amide bonds. The average molecular weight is 1050 g/mol. The SMILES string of the molecule is [3H]CCNCCCC[C@H](CC(=O)COCC(=O)CCCOCCN=[N+]=[N-])C(=O)Nc1ccc(COC(=O)O[C@]2(CC)C(=O)OCc3c2cc2n(c3=O)Cc3c-2nc2ccccc2c3CCN(C(C)C)S(C)(=O)=O)cc1. The molecule has 21 nitrogen and oxygen atoms in total. The van der Waals surface area contributed by atoms with Gasteiger partial charge in [0.1, 0.15) is 26.4 Å². The summed E-state index contributed by atoms with van der Waals surface area (Å²) >= 11 is 0. The Kier molecular flexibility index (Phi) is 19.8. The number of hydrogen-bond acceptors (Lipinski definition) is 16. The van der Waals surface area contributed by atoms with Crippen molar-refractivity contribution in [3.05, 3.63) is 103 Å². The van der Waals surface area contributed by atoms with Crippen LogP contribution in [0.1, 0.15) is 102 Å². The summed E-state index contributed by atoms with van der Waals surface area (Å²) in [6, 6.07) is 15.3. The molecule has 0 radical (unpaired) electrons. The number of ketones is 2. The van der Waals surface area contributed by atoms with Crippen molar-refractivity contribution in [3.63, 3.8) is 0 Å². The maximum absolute atomic E-state index is 14.4. The van der Waals surface area contributed by atoms with Crippen LogP contribution in [0.4, 0.5) is 10.5 Å². The van der Waals surface area contributed by atoms with Crippen molar-refractivity contribution in [3.8, 4) is 11.4 Å². The predicted molar refractivity (Wildman–Crippen MR) is 274 cm³/mol. The molecule has 0 saturated heterocycles. The van der Waals surface area contributed by atoms with Crippen LogP contribution in [0, 0.1) is 5.92 Å². The second-order valence-electron chi connectivity index (χ2n) is 18.4. The highest BCUT2D eigenvalue weighted by Gasteiger charge is 2.51. The Morgan fingerprint density at radius 1 is 1.03 bits per heavy atom. The Morgan fingerprint density at radius 2 is 1.80 bits per heavy atom. The number of carbonyl (C=O) groups is 5. The zero-order valence-corrected chi connectivity index (χ0v) is 43.2. The van der Waals surface area contributed by atoms with Gasteiger partial charge >= 0.3 is 12.1 Å². The first kappa shape index (κ1) is 55.2. The highest BCUT2D eigenvalue weighted by Crippen LogP contribution is 2.42. The summed E-state index contributed by atoms with van der Waals surface area (Å²) in [7, 11) is -3.53. The van der Waals surface area contributed by atoms with Crippen molar-refractivity contribution in [1.82, 2.24) is 19.2 Å². The molecule has 22 heteroatoms. The molecule has 0 saturated carbocycles. The van der Waals surface area contributed by atoms with Crippen LogP contribution in [0.5, 0.6) is 0 Å². The number of rotatable bonds is 30. The Morgan fingerprint density at radius 3 is 2.53 bits per heavy atom. The van der Waals surface area contributed by atoms with Crippen molar-refractivity contribution < 1.29 is 57.4 Å². The Balaban J connectivity index is 1.09. The number of para-hydroxylation sites is 1. The monoisotopic (exact) mass is 1040 g/mol. The van der Waals surface area contributed by atoms with E-state index in [0.29, 0.717) is 73.5 Å². The number of nitrogens with zero attached hydrogens (tertiary/aromatic N) is 6. The summed E-state index contributed by atoms with van der Waals surface area (Å²) < 4.78 is 63.3. The van der Waals surface area contributed by atoms with Crippen LogP contribution in [-0.4, -0.2) is 117 Å². The van der Waals surface area contributed by atoms with Gasteiger partial charge in [-0.3, -0.25) is 19.2 Å². The minimum atomic E-state index is -3.53. The van der Waals surface area contributed by atoms with Gasteiger partial charge in [-0.2, -0.15) is 4.31 Å². The standard InChI is InChI=1S/C52H66N8O13S/c1-6-52(44-28-46-47-42(29-59(46)49(64)43(44)33-71-50(52)65)40(41-15-8-9-16-45(41)57-47)21-24-60(34(3)4)74(5,67)68)73-51(66)72-30-35-17-19-37(20-18-35)56-48(63)36(13-10-11-22-54-7-2)27-39(62)32-70-31-38(61)14-12-25-69-26-23-55-58-53/h8-9,15-20,28,34,36,54H,6-7,10-14,21-27,29-33H2,1-5H3,(H,56,63)/t36-,52+/m1/s1/i2T. The van der Waals surface area contributed by atoms with Gasteiger partial charge in [0.25, 0.3) is 5.56 Å². The molecule has 2 N–H and O–H groups in total. The maximum Gasteiger partial charge on any atom is 0.510 e. The van der Waals surface area contributed by atoms with Crippen LogP contribution >= 0.6 is 0 Å². The van der Waals surface area contributed by atoms with E-state index in [1.165, 1.54) is 10.6 Å². The molecule has 4 heterocycles. The molecule has 4 aromatic rings. The lowest BCUT2D eigenvalue weighted by atomic mass is 9.85. The molecular weight excluding hydrogens is 977 g/mol. The molecular formula is C52H66N8O13S. The molecule has 6 rings (SSSR count). The van der Waals surface area contributed by atoms with Gasteiger partial charge in [-0.25, -0.2) is 23.0 Å². The minimum absolute atomic E-state index is 0.104. The third-order valence-corrected chi connectivity index (χ3v) is 14.4. The van der Waals surface area contributed by atoms with Crippen LogP contribution < -0.4 is 16.2 Å². The number of pyridine rings is 2. The number of azide groups is 1. The number of hydrogen-bond donors (Lipinski definition) is 2. The number of cyclic esters (lactones) is 1. The smallest absolute Gasteiger partial charge is 0.457 e. The van der Waals surface area contributed by atoms with Crippen LogP contribution in [-0.2, 0) is 84.7 Å². The zero-order valence-electron chi connectivity index (χ0n) is 43.4. The van der Waals surface area contributed by atoms with Gasteiger partial charge in [0.2, 0.25) is 21.5 Å². The van der Waals surface area contributed by atoms with E-state index < -0.39 is 45.1 Å². The maximum atomic E-state index is 14.4. The predicted octanol–water partition coefficient (Wildman–Crippen LogP) is 6.64. The minimum Gasteiger partial charge on any atom is -0.457 e. The molecule has 398 valence electrons. The number of Topliss-reactive ketones (excluding diaryl/α,β-unsaturated/α-hetero) is 2. The molecule has 2 atom stereocenters. The lowest BCUT2D eigenvalue weighted by Crippen LogP contribution is -2.47. The molecule has 2 aliphatic heterocycles. The molecule has 0 aliphatic carbocycles. The van der Waals surface area contributed by atoms with E-state index in [2.05, 4.69) is 20.7 Å². The summed E-state index contributed by atoms with van der Waals surface area (Å²) in [5.41, 5.74) is 10.1. The highest BCUT2D eigenvalue weighted by molar-refractivity contribution is 7.88. The van der Waals surface area contributed by atoms with Crippen LogP contribution in [0.3, 0.4) is 0 Å². The fraction of sp³-hybridized carbons (Fsp3) is 0.519. The first-order valence-electron chi connectivity index (χ1n) is 25.5. The summed E-state index contributed by atoms with van der Waals surface area (Å²) in [6.07, 6.45) is 2.49. The number of carbonyl (C=O) groups excluding carboxylic acids is 5. The van der Waals surface area contributed by atoms with Gasteiger partial charge in [-0.05, 0) is 100.0 Å². The number of aromatic nitrogens is 2. The zero-order chi connectivity index (χ0) is 54.1. The lowest BCUT2D eigenvalue weighted by Gasteiger charge is -2.35. The largest absolute Gasteiger partial charge is 0.510 e. The van der Waals surface area contributed by atoms with Crippen LogP contribution in [0.15, 0.2) is 64.5 Å². The molecule has 74 heavy (non-hydrogen) atoms. The van der Waals surface area contributed by atoms with Crippen LogP contribution in [0.25, 0.3) is 32.7 Å². The van der Waals surface area contributed by atoms with Gasteiger partial charge in [0.15, 0.2) is 11.6 Å². The summed E-state index contributed by atoms with van der Waals surface area (Å²) in [4.78, 5) is 88.1. The van der Waals surface area contributed by atoms with E-state index in [1.807, 2.05) is 38.1 Å². The number of unbranched alkanes of at least 4 members (excludes halogenated alkanes) is 1. The summed E-state index contributed by atoms with van der Waals surface area (Å²) in [5.74, 6) is -2.52. The van der Waals surface area contributed by atoms with Gasteiger partial charge in [-0.15, -0.1) is 0 Å². The van der Waals surface area contributed by atoms with E-state index in [0.717, 1.165) is 22.9 Å². The Labute approximate surface area is 431 Å². The Bertz CT molecular complexity index is 2930. The summed E-state index contributed by atoms with van der Waals surface area (Å²) in [6.45, 7) is 6.54. The number of fused-ring (bicyclic) bond motifs is 5. The number of nitrogens with one attached hydrogen (secondary N) is 2. The number of sulfonamides is 1. The summed E-state index contributed by atoms with van der Waals surface area (Å²) in [5, 5.41) is 10.2. The number of benzene rings is 2. The number of ether oxygens (including phenoxy) is 5. The fourth-order valence-corrected chi connectivity index (χ4v) is 10.4. The molecule has 0 bridgehead atoms. The average Bonchev–Trinajstić information content (AvgIpc) is 3.75. The molecule has 0 spiro atoms. The molecule has 2 aliphatic rings. The van der Waals surface area contributed by atoms with E-state index >= 15 is 0 Å². The fourth-order valence-electron chi connectivity index (χ4n) is 9.23. The van der Waals surface area contributed by atoms with E-state index in [-0.39, 0.29) is 108 Å². The molecule has 0 unspecified atom stereocenters. The van der Waals surface area contributed by atoms with E-state index in [1.54, 1.807) is 41.8 Å². The molecule has 2 aromatic heterocycles. The normalized spacial score (nSPS) is 15.4. The van der Waals surface area contributed by atoms with Gasteiger partial charge in [-0.1, -0.05) is 55.7 Å². The number of amides is 1. The Hall–Kier alpha value is -6.55. The first-order chi connectivity index (χ1) is 36.0. The second-order valence-corrected chi connectivity index (χ2v) is 20.4. The van der Waals surface area contributed by atoms with Crippen molar-refractivity contribution >= 4 is 56.2 Å². The van der Waals surface area contributed by atoms with Gasteiger partial charge in [0.05, 0.1) is 41.9 Å². The lowest BCUT2D eigenvalue weighted by molar-refractivity contribution is -0.175. The topological polar surface area (TPSA) is 277 Å². The first-order valence-corrected chi connectivity index (χ1v) is 26.6. The highest BCUT2D eigenvalue weighted by atomic mass is 32.2. The van der Waals surface area contributed by atoms with Crippen molar-refractivity contribution in [2.24, 2.45) is 11.0 Å². The van der Waals surface area contributed by atoms with E-state index in [4.69, 9.17) is 35.6 Å². The van der Waals surface area contributed by atoms with Gasteiger partial charge < -0.3 is 38.9 Å². The van der Waals surface area contributed by atoms with Crippen molar-refractivity contribution in [2.75, 3.05) is 64.2 Å². The number of esters is 1.